The Balaban J connectivity index is 1.57. The predicted octanol–water partition coefficient (Wildman–Crippen LogP) is 4.39. The molecule has 1 atom stereocenters. The predicted molar refractivity (Wildman–Crippen MR) is 151 cm³/mol. The molecule has 39 heavy (non-hydrogen) atoms. The van der Waals surface area contributed by atoms with Gasteiger partial charge in [0, 0.05) is 0 Å². The largest absolute Gasteiger partial charge is 0.493 e. The topological polar surface area (TPSA) is 79.1 Å². The zero-order valence-electron chi connectivity index (χ0n) is 21.9. The van der Waals surface area contributed by atoms with Crippen molar-refractivity contribution in [2.45, 2.75) is 26.0 Å². The van der Waals surface area contributed by atoms with E-state index in [0.717, 1.165) is 16.7 Å². The highest BCUT2D eigenvalue weighted by Gasteiger charge is 2.33. The van der Waals surface area contributed by atoms with E-state index in [1.807, 2.05) is 91.9 Å². The summed E-state index contributed by atoms with van der Waals surface area (Å²) in [5.74, 6) is 0.685. The van der Waals surface area contributed by atoms with Crippen molar-refractivity contribution in [3.05, 3.63) is 127 Å². The molecule has 0 radical (unpaired) electrons. The fourth-order valence-electron chi connectivity index (χ4n) is 4.59. The van der Waals surface area contributed by atoms with Crippen molar-refractivity contribution in [1.29, 1.82) is 0 Å². The van der Waals surface area contributed by atoms with Gasteiger partial charge in [-0.1, -0.05) is 85.0 Å². The molecule has 3 aromatic carbocycles. The van der Waals surface area contributed by atoms with Crippen molar-refractivity contribution in [2.75, 3.05) is 14.2 Å². The number of benzene rings is 3. The molecule has 4 aromatic rings. The lowest BCUT2D eigenvalue weighted by Gasteiger charge is -2.25. The number of carbonyl (C=O) groups excluding carboxylic acids is 1. The van der Waals surface area contributed by atoms with E-state index in [0.29, 0.717) is 45.1 Å². The summed E-state index contributed by atoms with van der Waals surface area (Å²) in [6.45, 7) is 2.35. The molecule has 0 fully saturated rings. The summed E-state index contributed by atoms with van der Waals surface area (Å²) >= 11 is 1.29. The first-order valence-electron chi connectivity index (χ1n) is 12.6. The lowest BCUT2D eigenvalue weighted by molar-refractivity contribution is -0.136. The fraction of sp³-hybridized carbons (Fsp3) is 0.194. The van der Waals surface area contributed by atoms with Crippen molar-refractivity contribution < 1.29 is 19.0 Å². The average molecular weight is 541 g/mol. The van der Waals surface area contributed by atoms with Crippen LogP contribution in [0.4, 0.5) is 0 Å². The van der Waals surface area contributed by atoms with Crippen LogP contribution < -0.4 is 24.4 Å². The highest BCUT2D eigenvalue weighted by molar-refractivity contribution is 7.07. The van der Waals surface area contributed by atoms with Gasteiger partial charge in [0.15, 0.2) is 16.3 Å². The fourth-order valence-corrected chi connectivity index (χ4v) is 5.61. The number of nitrogens with zero attached hydrogens (tertiary/aromatic N) is 2. The molecule has 0 saturated carbocycles. The Bertz CT molecular complexity index is 1710. The summed E-state index contributed by atoms with van der Waals surface area (Å²) < 4.78 is 18.8. The lowest BCUT2D eigenvalue weighted by atomic mass is 9.95. The number of carbonyl (C=O) groups is 1. The molecular formula is C31H28N2O5S. The standard InChI is InChI=1S/C31H28N2O5S/c1-4-23-27(30(35)37-3)28(22-13-9-6-10-14-22)33-29(34)26(39-31(33)32-23)18-21-15-16-24(25(17-21)36-2)38-19-20-11-7-5-8-12-20/h5-18,28H,4,19H2,1-3H3/b26-18-/t28-/m0/s1. The third kappa shape index (κ3) is 5.28. The van der Waals surface area contributed by atoms with Crippen molar-refractivity contribution in [3.8, 4) is 11.5 Å². The molecule has 1 aliphatic heterocycles. The van der Waals surface area contributed by atoms with Gasteiger partial charge >= 0.3 is 5.97 Å². The third-order valence-corrected chi connectivity index (χ3v) is 7.47. The summed E-state index contributed by atoms with van der Waals surface area (Å²) in [5.41, 5.74) is 3.41. The molecule has 0 spiro atoms. The van der Waals surface area contributed by atoms with E-state index in [2.05, 4.69) is 0 Å². The van der Waals surface area contributed by atoms with E-state index in [-0.39, 0.29) is 5.56 Å². The second-order valence-corrected chi connectivity index (χ2v) is 9.89. The second kappa shape index (κ2) is 11.5. The van der Waals surface area contributed by atoms with Crippen LogP contribution in [0.25, 0.3) is 6.08 Å². The van der Waals surface area contributed by atoms with E-state index < -0.39 is 12.0 Å². The molecule has 0 amide bonds. The first-order valence-corrected chi connectivity index (χ1v) is 13.4. The van der Waals surface area contributed by atoms with Crippen molar-refractivity contribution >= 4 is 23.4 Å². The highest BCUT2D eigenvalue weighted by atomic mass is 32.1. The summed E-state index contributed by atoms with van der Waals surface area (Å²) in [5, 5.41) is 0. The van der Waals surface area contributed by atoms with Crippen molar-refractivity contribution in [2.24, 2.45) is 4.99 Å². The van der Waals surface area contributed by atoms with Crippen LogP contribution in [0.15, 0.2) is 99.9 Å². The van der Waals surface area contributed by atoms with E-state index in [4.69, 9.17) is 19.2 Å². The lowest BCUT2D eigenvalue weighted by Crippen LogP contribution is -2.40. The van der Waals surface area contributed by atoms with Crippen molar-refractivity contribution in [3.63, 3.8) is 0 Å². The van der Waals surface area contributed by atoms with Gasteiger partial charge in [-0.2, -0.15) is 0 Å². The van der Waals surface area contributed by atoms with Crippen LogP contribution in [0, 0.1) is 0 Å². The molecule has 0 aliphatic carbocycles. The number of aromatic nitrogens is 1. The highest BCUT2D eigenvalue weighted by Crippen LogP contribution is 2.32. The quantitative estimate of drug-likeness (QED) is 0.310. The number of ether oxygens (including phenoxy) is 3. The molecule has 1 aliphatic rings. The zero-order chi connectivity index (χ0) is 27.4. The number of rotatable bonds is 8. The Morgan fingerprint density at radius 3 is 2.38 bits per heavy atom. The van der Waals surface area contributed by atoms with Gasteiger partial charge < -0.3 is 14.2 Å². The summed E-state index contributed by atoms with van der Waals surface area (Å²) in [7, 11) is 2.93. The smallest absolute Gasteiger partial charge is 0.338 e. The number of methoxy groups -OCH3 is 2. The second-order valence-electron chi connectivity index (χ2n) is 8.88. The Labute approximate surface area is 229 Å². The summed E-state index contributed by atoms with van der Waals surface area (Å²) in [6, 6.07) is 24.3. The molecule has 1 aromatic heterocycles. The number of fused-ring (bicyclic) bond motifs is 1. The van der Waals surface area contributed by atoms with Gasteiger partial charge in [0.1, 0.15) is 6.61 Å². The number of allylic oxidation sites excluding steroid dienone is 1. The normalized spacial score (nSPS) is 14.9. The molecule has 0 unspecified atom stereocenters. The Hall–Kier alpha value is -4.43. The monoisotopic (exact) mass is 540 g/mol. The van der Waals surface area contributed by atoms with Gasteiger partial charge in [-0.05, 0) is 41.3 Å². The molecule has 0 saturated heterocycles. The van der Waals surface area contributed by atoms with Gasteiger partial charge in [-0.25, -0.2) is 9.79 Å². The minimum absolute atomic E-state index is 0.229. The average Bonchev–Trinajstić information content (AvgIpc) is 3.29. The molecule has 0 bridgehead atoms. The molecular weight excluding hydrogens is 512 g/mol. The molecule has 2 heterocycles. The van der Waals surface area contributed by atoms with Gasteiger partial charge in [-0.15, -0.1) is 0 Å². The minimum atomic E-state index is -0.629. The maximum Gasteiger partial charge on any atom is 0.338 e. The van der Waals surface area contributed by atoms with Gasteiger partial charge in [0.05, 0.1) is 36.1 Å². The van der Waals surface area contributed by atoms with Crippen LogP contribution in [-0.4, -0.2) is 24.8 Å². The molecule has 8 heteroatoms. The number of hydrogen-bond acceptors (Lipinski definition) is 7. The van der Waals surface area contributed by atoms with E-state index in [1.54, 1.807) is 11.7 Å². The number of hydrogen-bond donors (Lipinski definition) is 0. The Kier molecular flexibility index (Phi) is 7.74. The van der Waals surface area contributed by atoms with E-state index >= 15 is 0 Å². The Morgan fingerprint density at radius 1 is 1.00 bits per heavy atom. The van der Waals surface area contributed by atoms with E-state index in [9.17, 15) is 9.59 Å². The van der Waals surface area contributed by atoms with Gasteiger partial charge in [0.25, 0.3) is 5.56 Å². The van der Waals surface area contributed by atoms with Crippen LogP contribution >= 0.6 is 11.3 Å². The first kappa shape index (κ1) is 26.2. The molecule has 198 valence electrons. The van der Waals surface area contributed by atoms with Gasteiger partial charge in [0.2, 0.25) is 0 Å². The van der Waals surface area contributed by atoms with Crippen LogP contribution in [-0.2, 0) is 16.1 Å². The maximum absolute atomic E-state index is 13.8. The van der Waals surface area contributed by atoms with Crippen LogP contribution in [0.3, 0.4) is 0 Å². The Morgan fingerprint density at radius 2 is 1.72 bits per heavy atom. The van der Waals surface area contributed by atoms with Gasteiger partial charge in [-0.3, -0.25) is 9.36 Å². The maximum atomic E-state index is 13.8. The summed E-state index contributed by atoms with van der Waals surface area (Å²) in [6.07, 6.45) is 2.34. The SMILES string of the molecule is CCC1=C(C(=O)OC)[C@H](c2ccccc2)n2c(s/c(=C\c3ccc(OCc4ccccc4)c(OC)c3)c2=O)=N1. The number of esters is 1. The molecule has 7 nitrogen and oxygen atoms in total. The van der Waals surface area contributed by atoms with Crippen LogP contribution in [0.1, 0.15) is 36.1 Å². The molecule has 5 rings (SSSR count). The number of thiazole rings is 1. The van der Waals surface area contributed by atoms with Crippen LogP contribution in [0.2, 0.25) is 0 Å². The molecule has 0 N–H and O–H groups in total. The van der Waals surface area contributed by atoms with Crippen molar-refractivity contribution in [1.82, 2.24) is 4.57 Å². The summed E-state index contributed by atoms with van der Waals surface area (Å²) in [4.78, 5) is 31.9. The first-order chi connectivity index (χ1) is 19.0. The minimum Gasteiger partial charge on any atom is -0.493 e. The zero-order valence-corrected chi connectivity index (χ0v) is 22.7. The van der Waals surface area contributed by atoms with E-state index in [1.165, 1.54) is 18.4 Å². The van der Waals surface area contributed by atoms with Crippen LogP contribution in [0.5, 0.6) is 11.5 Å². The third-order valence-electron chi connectivity index (χ3n) is 6.49.